The number of benzene rings is 3. The zero-order valence-corrected chi connectivity index (χ0v) is 22.2. The highest BCUT2D eigenvalue weighted by Gasteiger charge is 2.29. The number of aromatic amines is 1. The molecular weight excluding hydrogens is 484 g/mol. The van der Waals surface area contributed by atoms with Gasteiger partial charge in [-0.05, 0) is 72.7 Å². The molecular formula is C31H33ClN2O3. The number of hydrogen-bond donors (Lipinski definition) is 3. The molecule has 2 unspecified atom stereocenters. The Morgan fingerprint density at radius 3 is 2.32 bits per heavy atom. The van der Waals surface area contributed by atoms with Crippen molar-refractivity contribution in [3.8, 4) is 0 Å². The highest BCUT2D eigenvalue weighted by Crippen LogP contribution is 2.44. The van der Waals surface area contributed by atoms with Gasteiger partial charge < -0.3 is 15.4 Å². The summed E-state index contributed by atoms with van der Waals surface area (Å²) in [4.78, 5) is 26.7. The van der Waals surface area contributed by atoms with Gasteiger partial charge in [-0.1, -0.05) is 66.9 Å². The summed E-state index contributed by atoms with van der Waals surface area (Å²) >= 11 is 6.50. The molecule has 1 amide bonds. The molecule has 0 fully saturated rings. The van der Waals surface area contributed by atoms with Crippen molar-refractivity contribution in [2.24, 2.45) is 0 Å². The van der Waals surface area contributed by atoms with E-state index < -0.39 is 5.97 Å². The number of fused-ring (bicyclic) bond motifs is 1. The predicted molar refractivity (Wildman–Crippen MR) is 150 cm³/mol. The van der Waals surface area contributed by atoms with Crippen LogP contribution in [0.1, 0.15) is 76.2 Å². The van der Waals surface area contributed by atoms with E-state index in [0.717, 1.165) is 39.9 Å². The second-order valence-corrected chi connectivity index (χ2v) is 10.1. The molecule has 3 N–H and O–H groups in total. The van der Waals surface area contributed by atoms with Gasteiger partial charge in [0, 0.05) is 40.1 Å². The van der Waals surface area contributed by atoms with Crippen LogP contribution in [-0.2, 0) is 4.79 Å². The number of carboxylic acids is 1. The summed E-state index contributed by atoms with van der Waals surface area (Å²) in [6.45, 7) is 6.46. The quantitative estimate of drug-likeness (QED) is 0.206. The Labute approximate surface area is 222 Å². The van der Waals surface area contributed by atoms with Gasteiger partial charge in [0.1, 0.15) is 0 Å². The van der Waals surface area contributed by atoms with E-state index in [1.807, 2.05) is 36.4 Å². The lowest BCUT2D eigenvalue weighted by Crippen LogP contribution is -2.26. The molecule has 1 aromatic heterocycles. The summed E-state index contributed by atoms with van der Waals surface area (Å²) in [5.74, 6) is -0.942. The van der Waals surface area contributed by atoms with E-state index in [0.29, 0.717) is 5.56 Å². The van der Waals surface area contributed by atoms with Gasteiger partial charge in [0.2, 0.25) is 0 Å². The number of H-pyrrole nitrogens is 1. The van der Waals surface area contributed by atoms with Crippen LogP contribution in [0.2, 0.25) is 5.02 Å². The number of nitrogens with one attached hydrogen (secondary N) is 2. The number of halogens is 1. The molecule has 0 aliphatic carbocycles. The summed E-state index contributed by atoms with van der Waals surface area (Å²) in [7, 11) is 0. The number of aryl methyl sites for hydroxylation is 2. The first-order valence-corrected chi connectivity index (χ1v) is 13.1. The van der Waals surface area contributed by atoms with Crippen molar-refractivity contribution in [2.75, 3.05) is 6.54 Å². The van der Waals surface area contributed by atoms with Gasteiger partial charge in [-0.2, -0.15) is 0 Å². The van der Waals surface area contributed by atoms with Crippen LogP contribution in [0.25, 0.3) is 10.9 Å². The normalized spacial score (nSPS) is 12.9. The third kappa shape index (κ3) is 6.05. The Morgan fingerprint density at radius 2 is 1.68 bits per heavy atom. The fourth-order valence-corrected chi connectivity index (χ4v) is 5.43. The molecule has 6 heteroatoms. The van der Waals surface area contributed by atoms with Crippen LogP contribution in [0.5, 0.6) is 0 Å². The van der Waals surface area contributed by atoms with E-state index in [1.54, 1.807) is 0 Å². The van der Waals surface area contributed by atoms with Crippen molar-refractivity contribution in [1.29, 1.82) is 0 Å². The third-order valence-corrected chi connectivity index (χ3v) is 7.20. The van der Waals surface area contributed by atoms with Gasteiger partial charge in [0.05, 0.1) is 6.42 Å². The second kappa shape index (κ2) is 11.7. The molecule has 4 aromatic rings. The van der Waals surface area contributed by atoms with Crippen molar-refractivity contribution in [2.45, 2.75) is 51.9 Å². The van der Waals surface area contributed by atoms with Crippen LogP contribution in [-0.4, -0.2) is 28.5 Å². The standard InChI is InChI=1S/C31H33ClN2O3/c1-4-5-25(21-10-12-23(13-11-21)31(37)33-15-14-28(35)36)29(22-8-6-19(2)7-9-22)27-18-34-30-20(3)16-24(32)17-26(27)30/h6-13,16-18,25,29,34H,4-5,14-15H2,1-3H3,(H,33,37)(H,35,36). The van der Waals surface area contributed by atoms with Gasteiger partial charge >= 0.3 is 5.97 Å². The Morgan fingerprint density at radius 1 is 1.00 bits per heavy atom. The van der Waals surface area contributed by atoms with Crippen molar-refractivity contribution in [3.05, 3.63) is 105 Å². The average molecular weight is 517 g/mol. The third-order valence-electron chi connectivity index (χ3n) is 6.98. The Hall–Kier alpha value is -3.57. The molecule has 0 bridgehead atoms. The van der Waals surface area contributed by atoms with Gasteiger partial charge in [0.25, 0.3) is 5.91 Å². The lowest BCUT2D eigenvalue weighted by atomic mass is 9.75. The first-order chi connectivity index (χ1) is 17.8. The second-order valence-electron chi connectivity index (χ2n) is 9.69. The molecule has 0 radical (unpaired) electrons. The average Bonchev–Trinajstić information content (AvgIpc) is 3.28. The van der Waals surface area contributed by atoms with Gasteiger partial charge in [0.15, 0.2) is 0 Å². The van der Waals surface area contributed by atoms with Crippen molar-refractivity contribution < 1.29 is 14.7 Å². The SMILES string of the molecule is CCCC(c1ccc(C(=O)NCCC(=O)O)cc1)C(c1ccc(C)cc1)c1c[nH]c2c(C)cc(Cl)cc12. The molecule has 1 heterocycles. The molecule has 0 aliphatic heterocycles. The van der Waals surface area contributed by atoms with Gasteiger partial charge in [-0.25, -0.2) is 0 Å². The van der Waals surface area contributed by atoms with E-state index in [2.05, 4.69) is 61.5 Å². The van der Waals surface area contributed by atoms with Crippen LogP contribution in [0.15, 0.2) is 66.9 Å². The molecule has 37 heavy (non-hydrogen) atoms. The van der Waals surface area contributed by atoms with Crippen LogP contribution < -0.4 is 5.32 Å². The van der Waals surface area contributed by atoms with E-state index in [-0.39, 0.29) is 30.7 Å². The summed E-state index contributed by atoms with van der Waals surface area (Å²) in [6, 6.07) is 20.5. The van der Waals surface area contributed by atoms with Crippen LogP contribution in [0.4, 0.5) is 0 Å². The number of hydrogen-bond acceptors (Lipinski definition) is 2. The molecule has 0 aliphatic rings. The zero-order chi connectivity index (χ0) is 26.5. The minimum atomic E-state index is -0.936. The van der Waals surface area contributed by atoms with E-state index in [1.165, 1.54) is 16.7 Å². The Bertz CT molecular complexity index is 1390. The number of carboxylic acid groups (broad SMARTS) is 1. The first kappa shape index (κ1) is 26.5. The fraction of sp³-hybridized carbons (Fsp3) is 0.290. The largest absolute Gasteiger partial charge is 0.481 e. The number of rotatable bonds is 10. The maximum atomic E-state index is 12.5. The van der Waals surface area contributed by atoms with Crippen molar-refractivity contribution in [1.82, 2.24) is 10.3 Å². The lowest BCUT2D eigenvalue weighted by Gasteiger charge is -2.28. The van der Waals surface area contributed by atoms with Crippen molar-refractivity contribution in [3.63, 3.8) is 0 Å². The van der Waals surface area contributed by atoms with E-state index >= 15 is 0 Å². The molecule has 192 valence electrons. The van der Waals surface area contributed by atoms with Crippen molar-refractivity contribution >= 4 is 34.4 Å². The maximum absolute atomic E-state index is 12.5. The summed E-state index contributed by atoms with van der Waals surface area (Å²) in [6.07, 6.45) is 3.99. The minimum absolute atomic E-state index is 0.0856. The molecule has 5 nitrogen and oxygen atoms in total. The monoisotopic (exact) mass is 516 g/mol. The minimum Gasteiger partial charge on any atom is -0.481 e. The number of aromatic nitrogens is 1. The maximum Gasteiger partial charge on any atom is 0.305 e. The number of carbonyl (C=O) groups is 2. The number of aliphatic carboxylic acids is 1. The number of amides is 1. The van der Waals surface area contributed by atoms with Gasteiger partial charge in [-0.15, -0.1) is 0 Å². The molecule has 0 spiro atoms. The molecule has 3 aromatic carbocycles. The van der Waals surface area contributed by atoms with Crippen LogP contribution in [0.3, 0.4) is 0 Å². The molecule has 0 saturated carbocycles. The van der Waals surface area contributed by atoms with Crippen LogP contribution >= 0.6 is 11.6 Å². The smallest absolute Gasteiger partial charge is 0.305 e. The lowest BCUT2D eigenvalue weighted by molar-refractivity contribution is -0.136. The number of carbonyl (C=O) groups excluding carboxylic acids is 1. The van der Waals surface area contributed by atoms with Crippen LogP contribution in [0, 0.1) is 13.8 Å². The summed E-state index contributed by atoms with van der Waals surface area (Å²) < 4.78 is 0. The fourth-order valence-electron chi connectivity index (χ4n) is 5.15. The van der Waals surface area contributed by atoms with E-state index in [9.17, 15) is 9.59 Å². The molecule has 4 rings (SSSR count). The topological polar surface area (TPSA) is 82.2 Å². The highest BCUT2D eigenvalue weighted by atomic mass is 35.5. The predicted octanol–water partition coefficient (Wildman–Crippen LogP) is 7.36. The Kier molecular flexibility index (Phi) is 8.34. The summed E-state index contributed by atoms with van der Waals surface area (Å²) in [5, 5.41) is 13.3. The highest BCUT2D eigenvalue weighted by molar-refractivity contribution is 6.31. The van der Waals surface area contributed by atoms with Gasteiger partial charge in [-0.3, -0.25) is 9.59 Å². The Balaban J connectivity index is 1.76. The summed E-state index contributed by atoms with van der Waals surface area (Å²) in [5.41, 5.74) is 7.54. The zero-order valence-electron chi connectivity index (χ0n) is 21.5. The first-order valence-electron chi connectivity index (χ1n) is 12.7. The molecule has 0 saturated heterocycles. The van der Waals surface area contributed by atoms with E-state index in [4.69, 9.17) is 16.7 Å². The molecule has 2 atom stereocenters.